The molecule has 0 aromatic heterocycles. The Kier molecular flexibility index (Phi) is 4.69. The first kappa shape index (κ1) is 15.1. The molecule has 3 unspecified atom stereocenters. The van der Waals surface area contributed by atoms with Gasteiger partial charge < -0.3 is 19.9 Å². The molecule has 21 heavy (non-hydrogen) atoms. The van der Waals surface area contributed by atoms with Crippen molar-refractivity contribution in [2.75, 3.05) is 26.4 Å². The highest BCUT2D eigenvalue weighted by atomic mass is 35.5. The van der Waals surface area contributed by atoms with Gasteiger partial charge in [0.2, 0.25) is 0 Å². The van der Waals surface area contributed by atoms with Crippen molar-refractivity contribution >= 4 is 11.6 Å². The third-order valence-corrected chi connectivity index (χ3v) is 4.68. The lowest BCUT2D eigenvalue weighted by molar-refractivity contribution is -0.102. The predicted octanol–water partition coefficient (Wildman–Crippen LogP) is 2.63. The highest BCUT2D eigenvalue weighted by molar-refractivity contribution is 6.30. The van der Waals surface area contributed by atoms with Crippen LogP contribution in [-0.4, -0.2) is 38.1 Å². The van der Waals surface area contributed by atoms with Gasteiger partial charge in [-0.3, -0.25) is 0 Å². The number of rotatable bonds is 4. The molecule has 0 aliphatic carbocycles. The molecule has 0 saturated carbocycles. The Hall–Kier alpha value is -0.810. The summed E-state index contributed by atoms with van der Waals surface area (Å²) in [4.78, 5) is 0. The molecule has 2 heterocycles. The smallest absolute Gasteiger partial charge is 0.120 e. The van der Waals surface area contributed by atoms with Crippen molar-refractivity contribution in [1.82, 2.24) is 0 Å². The maximum atomic E-state index is 6.33. The first-order chi connectivity index (χ1) is 10.2. The lowest BCUT2D eigenvalue weighted by Gasteiger charge is -2.39. The number of halogens is 1. The lowest BCUT2D eigenvalue weighted by atomic mass is 9.81. The number of ether oxygens (including phenoxy) is 3. The summed E-state index contributed by atoms with van der Waals surface area (Å²) in [7, 11) is 0. The first-order valence-electron chi connectivity index (χ1n) is 7.53. The third kappa shape index (κ3) is 3.69. The second-order valence-corrected chi connectivity index (χ2v) is 6.46. The van der Waals surface area contributed by atoms with Crippen LogP contribution in [0.1, 0.15) is 19.3 Å². The molecule has 2 N–H and O–H groups in total. The minimum atomic E-state index is -0.101. The quantitative estimate of drug-likeness (QED) is 0.928. The molecule has 4 nitrogen and oxygen atoms in total. The van der Waals surface area contributed by atoms with E-state index in [2.05, 4.69) is 0 Å². The number of hydrogen-bond donors (Lipinski definition) is 1. The molecule has 1 spiro atoms. The molecule has 0 bridgehead atoms. The van der Waals surface area contributed by atoms with Crippen LogP contribution >= 0.6 is 11.6 Å². The summed E-state index contributed by atoms with van der Waals surface area (Å²) in [5, 5.41) is 0.675. The van der Waals surface area contributed by atoms with Crippen molar-refractivity contribution in [1.29, 1.82) is 0 Å². The Balaban J connectivity index is 1.54. The molecule has 3 atom stereocenters. The van der Waals surface area contributed by atoms with E-state index in [1.807, 2.05) is 24.3 Å². The summed E-state index contributed by atoms with van der Waals surface area (Å²) in [5.41, 5.74) is 6.23. The molecule has 1 aromatic carbocycles. The minimum absolute atomic E-state index is 0.00496. The SMILES string of the molecule is NC(COc1cccc(Cl)c1)C1CCOC2(CCOC2)C1. The van der Waals surface area contributed by atoms with Crippen LogP contribution < -0.4 is 10.5 Å². The standard InChI is InChI=1S/C16H22ClNO3/c17-13-2-1-3-14(8-13)20-10-15(18)12-4-6-21-16(9-12)5-7-19-11-16/h1-3,8,12,15H,4-7,9-11,18H2. The Morgan fingerprint density at radius 1 is 1.43 bits per heavy atom. The van der Waals surface area contributed by atoms with Gasteiger partial charge in [0.1, 0.15) is 12.4 Å². The normalized spacial score (nSPS) is 30.5. The van der Waals surface area contributed by atoms with Crippen molar-refractivity contribution in [3.63, 3.8) is 0 Å². The fourth-order valence-electron chi connectivity index (χ4n) is 3.18. The molecule has 0 radical (unpaired) electrons. The Bertz CT molecular complexity index is 476. The summed E-state index contributed by atoms with van der Waals surface area (Å²) < 4.78 is 17.2. The summed E-state index contributed by atoms with van der Waals surface area (Å²) in [5.74, 6) is 1.18. The molecule has 5 heteroatoms. The lowest BCUT2D eigenvalue weighted by Crippen LogP contribution is -2.47. The van der Waals surface area contributed by atoms with Gasteiger partial charge in [0.05, 0.1) is 12.2 Å². The van der Waals surface area contributed by atoms with E-state index in [1.165, 1.54) is 0 Å². The van der Waals surface area contributed by atoms with E-state index in [0.29, 0.717) is 24.2 Å². The van der Waals surface area contributed by atoms with Gasteiger partial charge >= 0.3 is 0 Å². The van der Waals surface area contributed by atoms with Crippen LogP contribution in [-0.2, 0) is 9.47 Å². The van der Waals surface area contributed by atoms with E-state index < -0.39 is 0 Å². The Morgan fingerprint density at radius 2 is 2.33 bits per heavy atom. The van der Waals surface area contributed by atoms with Gasteiger partial charge in [-0.1, -0.05) is 17.7 Å². The van der Waals surface area contributed by atoms with Gasteiger partial charge in [0.15, 0.2) is 0 Å². The van der Waals surface area contributed by atoms with Gasteiger partial charge in [-0.2, -0.15) is 0 Å². The zero-order chi connectivity index (χ0) is 14.7. The van der Waals surface area contributed by atoms with Crippen LogP contribution in [0.25, 0.3) is 0 Å². The van der Waals surface area contributed by atoms with Gasteiger partial charge in [-0.15, -0.1) is 0 Å². The average Bonchev–Trinajstić information content (AvgIpc) is 2.93. The monoisotopic (exact) mass is 311 g/mol. The summed E-state index contributed by atoms with van der Waals surface area (Å²) >= 11 is 5.95. The molecule has 2 fully saturated rings. The molecule has 2 aliphatic rings. The highest BCUT2D eigenvalue weighted by Crippen LogP contribution is 2.36. The van der Waals surface area contributed by atoms with E-state index in [0.717, 1.165) is 38.2 Å². The van der Waals surface area contributed by atoms with Crippen molar-refractivity contribution < 1.29 is 14.2 Å². The molecule has 3 rings (SSSR count). The third-order valence-electron chi connectivity index (χ3n) is 4.44. The summed E-state index contributed by atoms with van der Waals surface area (Å²) in [6, 6.07) is 7.42. The van der Waals surface area contributed by atoms with Crippen LogP contribution in [0.5, 0.6) is 5.75 Å². The fraction of sp³-hybridized carbons (Fsp3) is 0.625. The van der Waals surface area contributed by atoms with Crippen LogP contribution in [0.2, 0.25) is 5.02 Å². The molecule has 116 valence electrons. The number of benzene rings is 1. The summed E-state index contributed by atoms with van der Waals surface area (Å²) in [6.07, 6.45) is 2.93. The molecular weight excluding hydrogens is 290 g/mol. The topological polar surface area (TPSA) is 53.7 Å². The fourth-order valence-corrected chi connectivity index (χ4v) is 3.36. The molecule has 1 aromatic rings. The Labute approximate surface area is 130 Å². The van der Waals surface area contributed by atoms with Crippen LogP contribution in [0, 0.1) is 5.92 Å². The number of nitrogens with two attached hydrogens (primary N) is 1. The highest BCUT2D eigenvalue weighted by Gasteiger charge is 2.42. The Morgan fingerprint density at radius 3 is 3.10 bits per heavy atom. The largest absolute Gasteiger partial charge is 0.492 e. The van der Waals surface area contributed by atoms with Gasteiger partial charge in [0, 0.05) is 30.7 Å². The van der Waals surface area contributed by atoms with Crippen molar-refractivity contribution in [2.45, 2.75) is 30.9 Å². The second kappa shape index (κ2) is 6.53. The van der Waals surface area contributed by atoms with Crippen molar-refractivity contribution in [3.05, 3.63) is 29.3 Å². The average molecular weight is 312 g/mol. The number of hydrogen-bond acceptors (Lipinski definition) is 4. The van der Waals surface area contributed by atoms with E-state index >= 15 is 0 Å². The molecule has 2 saturated heterocycles. The zero-order valence-corrected chi connectivity index (χ0v) is 12.8. The maximum Gasteiger partial charge on any atom is 0.120 e. The van der Waals surface area contributed by atoms with Crippen molar-refractivity contribution in [3.8, 4) is 5.75 Å². The first-order valence-corrected chi connectivity index (χ1v) is 7.90. The predicted molar refractivity (Wildman–Crippen MR) is 81.8 cm³/mol. The van der Waals surface area contributed by atoms with E-state index in [9.17, 15) is 0 Å². The van der Waals surface area contributed by atoms with Crippen LogP contribution in [0.3, 0.4) is 0 Å². The van der Waals surface area contributed by atoms with Gasteiger partial charge in [-0.25, -0.2) is 0 Å². The van der Waals surface area contributed by atoms with Crippen molar-refractivity contribution in [2.24, 2.45) is 11.7 Å². The van der Waals surface area contributed by atoms with E-state index in [4.69, 9.17) is 31.5 Å². The maximum absolute atomic E-state index is 6.33. The van der Waals surface area contributed by atoms with E-state index in [1.54, 1.807) is 0 Å². The second-order valence-electron chi connectivity index (χ2n) is 6.02. The minimum Gasteiger partial charge on any atom is -0.492 e. The van der Waals surface area contributed by atoms with E-state index in [-0.39, 0.29) is 11.6 Å². The van der Waals surface area contributed by atoms with Gasteiger partial charge in [0.25, 0.3) is 0 Å². The molecule has 0 amide bonds. The molecule has 2 aliphatic heterocycles. The van der Waals surface area contributed by atoms with Crippen LogP contribution in [0.4, 0.5) is 0 Å². The summed E-state index contributed by atoms with van der Waals surface area (Å²) in [6.45, 7) is 2.76. The van der Waals surface area contributed by atoms with Crippen LogP contribution in [0.15, 0.2) is 24.3 Å². The van der Waals surface area contributed by atoms with Gasteiger partial charge in [-0.05, 0) is 37.0 Å². The molecular formula is C16H22ClNO3. The zero-order valence-electron chi connectivity index (χ0n) is 12.1.